The largest absolute Gasteiger partial charge is 0.407 e. The lowest BCUT2D eigenvalue weighted by molar-refractivity contribution is -0.149. The van der Waals surface area contributed by atoms with Gasteiger partial charge in [0.05, 0.1) is 0 Å². The van der Waals surface area contributed by atoms with E-state index in [1.807, 2.05) is 0 Å². The fourth-order valence-corrected chi connectivity index (χ4v) is 1.16. The van der Waals surface area contributed by atoms with E-state index in [-0.39, 0.29) is 5.56 Å². The van der Waals surface area contributed by atoms with E-state index in [0.29, 0.717) is 10.2 Å². The smallest absolute Gasteiger partial charge is 0.316 e. The first-order valence-electron chi connectivity index (χ1n) is 3.76. The summed E-state index contributed by atoms with van der Waals surface area (Å²) in [5.41, 5.74) is 5.61. The van der Waals surface area contributed by atoms with Crippen molar-refractivity contribution in [3.05, 3.63) is 28.0 Å². The predicted octanol–water partition coefficient (Wildman–Crippen LogP) is 2.71. The van der Waals surface area contributed by atoms with Gasteiger partial charge < -0.3 is 5.73 Å². The van der Waals surface area contributed by atoms with Crippen LogP contribution in [0.1, 0.15) is 17.2 Å². The molecule has 1 aromatic heterocycles. The maximum Gasteiger partial charge on any atom is 0.407 e. The summed E-state index contributed by atoms with van der Waals surface area (Å²) in [7, 11) is 0. The Balaban J connectivity index is 3.03. The quantitative estimate of drug-likeness (QED) is 0.796. The lowest BCUT2D eigenvalue weighted by Crippen LogP contribution is -2.28. The van der Waals surface area contributed by atoms with Gasteiger partial charge in [-0.05, 0) is 40.0 Å². The Morgan fingerprint density at radius 3 is 2.50 bits per heavy atom. The van der Waals surface area contributed by atoms with E-state index < -0.39 is 12.2 Å². The summed E-state index contributed by atoms with van der Waals surface area (Å²) in [6.45, 7) is 1.66. The first kappa shape index (κ1) is 11.5. The van der Waals surface area contributed by atoms with E-state index >= 15 is 0 Å². The van der Waals surface area contributed by atoms with Crippen LogP contribution in [0.3, 0.4) is 0 Å². The van der Waals surface area contributed by atoms with E-state index in [4.69, 9.17) is 5.73 Å². The molecule has 0 aliphatic rings. The maximum atomic E-state index is 12.2. The van der Waals surface area contributed by atoms with Crippen molar-refractivity contribution in [2.24, 2.45) is 5.73 Å². The summed E-state index contributed by atoms with van der Waals surface area (Å²) in [4.78, 5) is 3.75. The van der Waals surface area contributed by atoms with Gasteiger partial charge in [0.15, 0.2) is 0 Å². The number of aryl methyl sites for hydroxylation is 1. The number of nitrogens with zero attached hydrogens (tertiary/aromatic N) is 1. The van der Waals surface area contributed by atoms with Gasteiger partial charge in [0.1, 0.15) is 10.6 Å². The van der Waals surface area contributed by atoms with Crippen LogP contribution in [-0.4, -0.2) is 11.2 Å². The summed E-state index contributed by atoms with van der Waals surface area (Å²) in [5.74, 6) is 0. The molecule has 6 heteroatoms. The van der Waals surface area contributed by atoms with Crippen LogP contribution in [0, 0.1) is 6.92 Å². The average molecular weight is 269 g/mol. The Kier molecular flexibility index (Phi) is 3.16. The van der Waals surface area contributed by atoms with Crippen LogP contribution >= 0.6 is 15.9 Å². The molecular formula is C8H8BrF3N2. The third-order valence-electron chi connectivity index (χ3n) is 1.75. The van der Waals surface area contributed by atoms with Gasteiger partial charge in [0.2, 0.25) is 0 Å². The van der Waals surface area contributed by atoms with Gasteiger partial charge in [-0.15, -0.1) is 0 Å². The zero-order valence-corrected chi connectivity index (χ0v) is 8.85. The van der Waals surface area contributed by atoms with Gasteiger partial charge in [-0.25, -0.2) is 4.98 Å². The molecule has 0 amide bonds. The molecule has 0 radical (unpaired) electrons. The lowest BCUT2D eigenvalue weighted by atomic mass is 10.1. The fourth-order valence-electron chi connectivity index (χ4n) is 0.939. The molecule has 0 spiro atoms. The van der Waals surface area contributed by atoms with Crippen molar-refractivity contribution in [3.63, 3.8) is 0 Å². The van der Waals surface area contributed by atoms with Crippen molar-refractivity contribution in [2.75, 3.05) is 0 Å². The highest BCUT2D eigenvalue weighted by Gasteiger charge is 2.38. The Bertz CT molecular complexity index is 338. The summed E-state index contributed by atoms with van der Waals surface area (Å²) in [6, 6.07) is -0.600. The highest BCUT2D eigenvalue weighted by molar-refractivity contribution is 9.10. The van der Waals surface area contributed by atoms with Gasteiger partial charge in [-0.3, -0.25) is 0 Å². The van der Waals surface area contributed by atoms with Crippen molar-refractivity contribution in [1.82, 2.24) is 4.98 Å². The molecule has 1 atom stereocenters. The van der Waals surface area contributed by atoms with Gasteiger partial charge in [-0.2, -0.15) is 13.2 Å². The summed E-state index contributed by atoms with van der Waals surface area (Å²) < 4.78 is 37.1. The average Bonchev–Trinajstić information content (AvgIpc) is 2.07. The second kappa shape index (κ2) is 3.86. The molecule has 2 nitrogen and oxygen atoms in total. The fraction of sp³-hybridized carbons (Fsp3) is 0.375. The van der Waals surface area contributed by atoms with E-state index in [2.05, 4.69) is 20.9 Å². The van der Waals surface area contributed by atoms with Crippen LogP contribution in [0.15, 0.2) is 16.9 Å². The molecule has 0 unspecified atom stereocenters. The van der Waals surface area contributed by atoms with Gasteiger partial charge in [-0.1, -0.05) is 0 Å². The molecule has 1 rings (SSSR count). The third kappa shape index (κ3) is 2.45. The Labute approximate surface area is 87.4 Å². The number of nitrogens with two attached hydrogens (primary N) is 1. The SMILES string of the molecule is Cc1cc([C@@H](N)C(F)(F)F)cnc1Br. The number of halogens is 4. The van der Waals surface area contributed by atoms with Crippen molar-refractivity contribution in [2.45, 2.75) is 19.1 Å². The lowest BCUT2D eigenvalue weighted by Gasteiger charge is -2.15. The van der Waals surface area contributed by atoms with Crippen LogP contribution in [0.4, 0.5) is 13.2 Å². The van der Waals surface area contributed by atoms with E-state index in [1.165, 1.54) is 6.07 Å². The molecule has 0 bridgehead atoms. The molecule has 0 saturated heterocycles. The van der Waals surface area contributed by atoms with E-state index in [0.717, 1.165) is 6.20 Å². The minimum Gasteiger partial charge on any atom is -0.316 e. The monoisotopic (exact) mass is 268 g/mol. The topological polar surface area (TPSA) is 38.9 Å². The summed E-state index contributed by atoms with van der Waals surface area (Å²) in [5, 5.41) is 0. The molecule has 0 fully saturated rings. The summed E-state index contributed by atoms with van der Waals surface area (Å²) >= 11 is 3.10. The van der Waals surface area contributed by atoms with Crippen LogP contribution in [-0.2, 0) is 0 Å². The van der Waals surface area contributed by atoms with Gasteiger partial charge >= 0.3 is 6.18 Å². The van der Waals surface area contributed by atoms with Crippen LogP contribution in [0.5, 0.6) is 0 Å². The van der Waals surface area contributed by atoms with E-state index in [9.17, 15) is 13.2 Å². The minimum absolute atomic E-state index is 0.0294. The predicted molar refractivity (Wildman–Crippen MR) is 49.7 cm³/mol. The number of hydrogen-bond donors (Lipinski definition) is 1. The molecule has 1 heterocycles. The number of hydrogen-bond acceptors (Lipinski definition) is 2. The number of alkyl halides is 3. The van der Waals surface area contributed by atoms with E-state index in [1.54, 1.807) is 6.92 Å². The zero-order chi connectivity index (χ0) is 10.9. The number of rotatable bonds is 1. The zero-order valence-electron chi connectivity index (χ0n) is 7.27. The Hall–Kier alpha value is -0.620. The van der Waals surface area contributed by atoms with Crippen LogP contribution in [0.2, 0.25) is 0 Å². The molecular weight excluding hydrogens is 261 g/mol. The molecule has 0 aliphatic heterocycles. The van der Waals surface area contributed by atoms with Crippen molar-refractivity contribution in [1.29, 1.82) is 0 Å². The maximum absolute atomic E-state index is 12.2. The van der Waals surface area contributed by atoms with Crippen molar-refractivity contribution in [3.8, 4) is 0 Å². The second-order valence-electron chi connectivity index (χ2n) is 2.90. The van der Waals surface area contributed by atoms with Gasteiger partial charge in [0, 0.05) is 6.20 Å². The van der Waals surface area contributed by atoms with Crippen LogP contribution < -0.4 is 5.73 Å². The minimum atomic E-state index is -4.43. The molecule has 2 N–H and O–H groups in total. The number of pyridine rings is 1. The standard InChI is InChI=1S/C8H8BrF3N2/c1-4-2-5(3-14-7(4)9)6(13)8(10,11)12/h2-3,6H,13H2,1H3/t6-/m1/s1. The highest BCUT2D eigenvalue weighted by atomic mass is 79.9. The highest BCUT2D eigenvalue weighted by Crippen LogP contribution is 2.31. The van der Waals surface area contributed by atoms with Crippen LogP contribution in [0.25, 0.3) is 0 Å². The van der Waals surface area contributed by atoms with Crippen molar-refractivity contribution >= 4 is 15.9 Å². The Morgan fingerprint density at radius 2 is 2.07 bits per heavy atom. The molecule has 0 saturated carbocycles. The Morgan fingerprint density at radius 1 is 1.50 bits per heavy atom. The number of aromatic nitrogens is 1. The molecule has 0 aliphatic carbocycles. The molecule has 78 valence electrons. The molecule has 0 aromatic carbocycles. The summed E-state index contributed by atoms with van der Waals surface area (Å²) in [6.07, 6.45) is -3.31. The normalized spacial score (nSPS) is 14.1. The van der Waals surface area contributed by atoms with Gasteiger partial charge in [0.25, 0.3) is 0 Å². The molecule has 14 heavy (non-hydrogen) atoms. The third-order valence-corrected chi connectivity index (χ3v) is 2.58. The molecule has 1 aromatic rings. The first-order valence-corrected chi connectivity index (χ1v) is 4.56. The first-order chi connectivity index (χ1) is 6.32. The second-order valence-corrected chi connectivity index (χ2v) is 3.65. The van der Waals surface area contributed by atoms with Crippen molar-refractivity contribution < 1.29 is 13.2 Å².